The molecule has 2 heterocycles. The van der Waals surface area contributed by atoms with E-state index in [1.807, 2.05) is 51.6 Å². The van der Waals surface area contributed by atoms with Gasteiger partial charge in [0.2, 0.25) is 5.91 Å². The van der Waals surface area contributed by atoms with Crippen LogP contribution in [-0.2, 0) is 11.2 Å². The standard InChI is InChI=1S/C21H20FN3OS/c22-18-8-4-5-9-19(18)24-10-12-25(13-11-24)20(26)14-17-15-27-21(23-17)16-6-2-1-3-7-16/h1-9,15H,10-14H2. The molecule has 3 aromatic rings. The Labute approximate surface area is 161 Å². The molecule has 1 fully saturated rings. The Hall–Kier alpha value is -2.73. The molecule has 1 aliphatic rings. The maximum absolute atomic E-state index is 13.9. The van der Waals surface area contributed by atoms with Gasteiger partial charge in [-0.05, 0) is 12.1 Å². The summed E-state index contributed by atoms with van der Waals surface area (Å²) in [6.45, 7) is 2.48. The molecule has 1 saturated heterocycles. The summed E-state index contributed by atoms with van der Waals surface area (Å²) < 4.78 is 13.9. The number of halogens is 1. The summed E-state index contributed by atoms with van der Waals surface area (Å²) in [7, 11) is 0. The molecule has 0 unspecified atom stereocenters. The van der Waals surface area contributed by atoms with Gasteiger partial charge in [0.25, 0.3) is 0 Å². The predicted octanol–water partition coefficient (Wildman–Crippen LogP) is 3.84. The van der Waals surface area contributed by atoms with Crippen molar-refractivity contribution in [2.45, 2.75) is 6.42 Å². The Balaban J connectivity index is 1.35. The quantitative estimate of drug-likeness (QED) is 0.689. The van der Waals surface area contributed by atoms with Gasteiger partial charge in [-0.3, -0.25) is 4.79 Å². The number of para-hydroxylation sites is 1. The Morgan fingerprint density at radius 3 is 2.44 bits per heavy atom. The van der Waals surface area contributed by atoms with Crippen LogP contribution in [0.4, 0.5) is 10.1 Å². The molecule has 0 saturated carbocycles. The molecule has 138 valence electrons. The highest BCUT2D eigenvalue weighted by Crippen LogP contribution is 2.24. The van der Waals surface area contributed by atoms with Crippen LogP contribution in [0.25, 0.3) is 10.6 Å². The van der Waals surface area contributed by atoms with Gasteiger partial charge in [0.05, 0.1) is 17.8 Å². The fourth-order valence-corrected chi connectivity index (χ4v) is 4.10. The largest absolute Gasteiger partial charge is 0.366 e. The van der Waals surface area contributed by atoms with Crippen LogP contribution in [-0.4, -0.2) is 42.0 Å². The van der Waals surface area contributed by atoms with Crippen LogP contribution in [0.15, 0.2) is 60.0 Å². The van der Waals surface area contributed by atoms with E-state index in [9.17, 15) is 9.18 Å². The fraction of sp³-hybridized carbons (Fsp3) is 0.238. The van der Waals surface area contributed by atoms with Crippen molar-refractivity contribution in [2.24, 2.45) is 0 Å². The molecule has 0 aliphatic carbocycles. The van der Waals surface area contributed by atoms with E-state index in [0.29, 0.717) is 38.3 Å². The van der Waals surface area contributed by atoms with Crippen LogP contribution in [0.3, 0.4) is 0 Å². The lowest BCUT2D eigenvalue weighted by atomic mass is 10.2. The van der Waals surface area contributed by atoms with Gasteiger partial charge in [-0.15, -0.1) is 11.3 Å². The smallest absolute Gasteiger partial charge is 0.228 e. The van der Waals surface area contributed by atoms with Crippen LogP contribution >= 0.6 is 11.3 Å². The summed E-state index contributed by atoms with van der Waals surface area (Å²) in [6.07, 6.45) is 0.309. The predicted molar refractivity (Wildman–Crippen MR) is 106 cm³/mol. The second-order valence-corrected chi connectivity index (χ2v) is 7.36. The monoisotopic (exact) mass is 381 g/mol. The topological polar surface area (TPSA) is 36.4 Å². The van der Waals surface area contributed by atoms with Gasteiger partial charge < -0.3 is 9.80 Å². The summed E-state index contributed by atoms with van der Waals surface area (Å²) in [6, 6.07) is 16.8. The highest BCUT2D eigenvalue weighted by Gasteiger charge is 2.23. The summed E-state index contributed by atoms with van der Waals surface area (Å²) in [4.78, 5) is 21.1. The highest BCUT2D eigenvalue weighted by molar-refractivity contribution is 7.13. The van der Waals surface area contributed by atoms with Gasteiger partial charge in [-0.25, -0.2) is 9.37 Å². The summed E-state index contributed by atoms with van der Waals surface area (Å²) in [5.74, 6) is -0.138. The van der Waals surface area contributed by atoms with Gasteiger partial charge in [-0.1, -0.05) is 42.5 Å². The van der Waals surface area contributed by atoms with Gasteiger partial charge in [0.15, 0.2) is 0 Å². The van der Waals surface area contributed by atoms with Crippen molar-refractivity contribution in [3.05, 3.63) is 71.5 Å². The minimum absolute atomic E-state index is 0.0769. The lowest BCUT2D eigenvalue weighted by Gasteiger charge is -2.36. The van der Waals surface area contributed by atoms with E-state index >= 15 is 0 Å². The third-order valence-corrected chi connectivity index (χ3v) is 5.67. The SMILES string of the molecule is O=C(Cc1csc(-c2ccccc2)n1)N1CCN(c2ccccc2F)CC1. The van der Waals surface area contributed by atoms with E-state index in [2.05, 4.69) is 4.98 Å². The first-order valence-corrected chi connectivity index (χ1v) is 9.86. The first kappa shape index (κ1) is 17.7. The van der Waals surface area contributed by atoms with E-state index in [1.54, 1.807) is 23.5 Å². The highest BCUT2D eigenvalue weighted by atomic mass is 32.1. The van der Waals surface area contributed by atoms with Crippen molar-refractivity contribution in [3.63, 3.8) is 0 Å². The number of anilines is 1. The number of aromatic nitrogens is 1. The van der Waals surface area contributed by atoms with Gasteiger partial charge in [-0.2, -0.15) is 0 Å². The van der Waals surface area contributed by atoms with Crippen LogP contribution in [0.2, 0.25) is 0 Å². The molecule has 2 aromatic carbocycles. The molecular weight excluding hydrogens is 361 g/mol. The van der Waals surface area contributed by atoms with Crippen molar-refractivity contribution in [1.29, 1.82) is 0 Å². The number of rotatable bonds is 4. The molecule has 0 bridgehead atoms. The minimum Gasteiger partial charge on any atom is -0.366 e. The normalized spacial score (nSPS) is 14.4. The second-order valence-electron chi connectivity index (χ2n) is 6.51. The summed E-state index contributed by atoms with van der Waals surface area (Å²) in [5.41, 5.74) is 2.48. The number of nitrogens with zero attached hydrogens (tertiary/aromatic N) is 3. The Kier molecular flexibility index (Phi) is 5.16. The maximum Gasteiger partial charge on any atom is 0.228 e. The van der Waals surface area contributed by atoms with Crippen molar-refractivity contribution < 1.29 is 9.18 Å². The summed E-state index contributed by atoms with van der Waals surface area (Å²) >= 11 is 1.56. The zero-order valence-electron chi connectivity index (χ0n) is 14.8. The molecule has 0 spiro atoms. The lowest BCUT2D eigenvalue weighted by molar-refractivity contribution is -0.130. The fourth-order valence-electron chi connectivity index (χ4n) is 3.27. The third kappa shape index (κ3) is 4.01. The molecule has 1 amide bonds. The number of carbonyl (C=O) groups is 1. The zero-order chi connectivity index (χ0) is 18.6. The van der Waals surface area contributed by atoms with Crippen molar-refractivity contribution >= 4 is 22.9 Å². The maximum atomic E-state index is 13.9. The molecule has 0 N–H and O–H groups in total. The molecule has 4 rings (SSSR count). The van der Waals surface area contributed by atoms with Gasteiger partial charge in [0.1, 0.15) is 10.8 Å². The first-order valence-electron chi connectivity index (χ1n) is 8.98. The Bertz CT molecular complexity index is 920. The average molecular weight is 381 g/mol. The zero-order valence-corrected chi connectivity index (χ0v) is 15.7. The number of thiazole rings is 1. The number of carbonyl (C=O) groups excluding carboxylic acids is 1. The molecule has 1 aromatic heterocycles. The second kappa shape index (κ2) is 7.88. The van der Waals surface area contributed by atoms with Crippen LogP contribution in [0.1, 0.15) is 5.69 Å². The van der Waals surface area contributed by atoms with Crippen molar-refractivity contribution in [2.75, 3.05) is 31.1 Å². The Morgan fingerprint density at radius 2 is 1.70 bits per heavy atom. The number of hydrogen-bond acceptors (Lipinski definition) is 4. The Morgan fingerprint density at radius 1 is 1.00 bits per heavy atom. The van der Waals surface area contributed by atoms with Crippen LogP contribution in [0.5, 0.6) is 0 Å². The molecule has 27 heavy (non-hydrogen) atoms. The lowest BCUT2D eigenvalue weighted by Crippen LogP contribution is -2.49. The van der Waals surface area contributed by atoms with E-state index < -0.39 is 0 Å². The molecule has 0 radical (unpaired) electrons. The van der Waals surface area contributed by atoms with Crippen molar-refractivity contribution in [1.82, 2.24) is 9.88 Å². The van der Waals surface area contributed by atoms with Crippen LogP contribution in [0, 0.1) is 5.82 Å². The number of piperazine rings is 1. The average Bonchev–Trinajstić information content (AvgIpc) is 3.18. The number of amides is 1. The number of hydrogen-bond donors (Lipinski definition) is 0. The number of benzene rings is 2. The summed E-state index contributed by atoms with van der Waals surface area (Å²) in [5, 5.41) is 2.89. The molecule has 6 heteroatoms. The molecular formula is C21H20FN3OS. The van der Waals surface area contributed by atoms with Crippen molar-refractivity contribution in [3.8, 4) is 10.6 Å². The molecule has 4 nitrogen and oxygen atoms in total. The van der Waals surface area contributed by atoms with Crippen LogP contribution < -0.4 is 4.90 Å². The third-order valence-electron chi connectivity index (χ3n) is 4.73. The van der Waals surface area contributed by atoms with E-state index in [0.717, 1.165) is 16.3 Å². The van der Waals surface area contributed by atoms with E-state index in [1.165, 1.54) is 6.07 Å². The van der Waals surface area contributed by atoms with Gasteiger partial charge >= 0.3 is 0 Å². The molecule has 1 aliphatic heterocycles. The molecule has 0 atom stereocenters. The van der Waals surface area contributed by atoms with E-state index in [4.69, 9.17) is 0 Å². The minimum atomic E-state index is -0.215. The van der Waals surface area contributed by atoms with E-state index in [-0.39, 0.29) is 11.7 Å². The first-order chi connectivity index (χ1) is 13.2. The van der Waals surface area contributed by atoms with Gasteiger partial charge in [0, 0.05) is 37.1 Å².